The summed E-state index contributed by atoms with van der Waals surface area (Å²) in [6, 6.07) is 10.1. The summed E-state index contributed by atoms with van der Waals surface area (Å²) in [5.74, 6) is 0.0964. The Labute approximate surface area is 201 Å². The molecule has 1 amide bonds. The van der Waals surface area contributed by atoms with Crippen molar-refractivity contribution < 1.29 is 4.79 Å². The number of hydrogen-bond donors (Lipinski definition) is 1. The Morgan fingerprint density at radius 3 is 2.73 bits per heavy atom. The van der Waals surface area contributed by atoms with Crippen LogP contribution in [0.25, 0.3) is 15.9 Å². The zero-order valence-electron chi connectivity index (χ0n) is 18.8. The Kier molecular flexibility index (Phi) is 5.79. The van der Waals surface area contributed by atoms with Gasteiger partial charge in [0.05, 0.1) is 22.9 Å². The molecule has 8 heteroatoms. The number of carbonyl (C=O) groups is 1. The molecule has 2 heterocycles. The lowest BCUT2D eigenvalue weighted by Crippen LogP contribution is -2.47. The highest BCUT2D eigenvalue weighted by molar-refractivity contribution is 7.99. The standard InChI is InChI=1S/C25H26N4O2S2/c1-15-7-11-17(12-8-15)29-23(31)21-18-5-3-4-6-19(18)33-22(21)27-24(29)32-13-20(30)28-25(2,14-26)16-9-10-16/h7-8,11-12,16H,3-6,9-10,13H2,1-2H3,(H,28,30). The number of aryl methyl sites for hydroxylation is 3. The van der Waals surface area contributed by atoms with Crippen LogP contribution in [-0.4, -0.2) is 26.8 Å². The zero-order chi connectivity index (χ0) is 23.2. The number of nitrogens with one attached hydrogen (secondary N) is 1. The highest BCUT2D eigenvalue weighted by atomic mass is 32.2. The fraction of sp³-hybridized carbons (Fsp3) is 0.440. The van der Waals surface area contributed by atoms with Crippen molar-refractivity contribution in [3.8, 4) is 11.8 Å². The molecule has 1 saturated carbocycles. The van der Waals surface area contributed by atoms with E-state index >= 15 is 0 Å². The van der Waals surface area contributed by atoms with Crippen LogP contribution in [0.1, 0.15) is 48.6 Å². The second-order valence-electron chi connectivity index (χ2n) is 9.19. The van der Waals surface area contributed by atoms with E-state index in [1.54, 1.807) is 22.8 Å². The van der Waals surface area contributed by atoms with E-state index in [9.17, 15) is 14.9 Å². The number of amides is 1. The molecule has 1 atom stereocenters. The van der Waals surface area contributed by atoms with Gasteiger partial charge in [-0.3, -0.25) is 14.2 Å². The second kappa shape index (κ2) is 8.62. The summed E-state index contributed by atoms with van der Waals surface area (Å²) >= 11 is 2.86. The molecule has 2 aliphatic carbocycles. The maximum absolute atomic E-state index is 13.8. The largest absolute Gasteiger partial charge is 0.337 e. The quantitative estimate of drug-likeness (QED) is 0.415. The average molecular weight is 479 g/mol. The SMILES string of the molecule is Cc1ccc(-n2c(SCC(=O)NC(C)(C#N)C3CC3)nc3sc4c(c3c2=O)CCCC4)cc1. The molecular formula is C25H26N4O2S2. The third-order valence-corrected chi connectivity index (χ3v) is 8.73. The van der Waals surface area contributed by atoms with Crippen molar-refractivity contribution in [3.05, 3.63) is 50.6 Å². The van der Waals surface area contributed by atoms with Gasteiger partial charge >= 0.3 is 0 Å². The molecule has 1 unspecified atom stereocenters. The van der Waals surface area contributed by atoms with Gasteiger partial charge in [0, 0.05) is 4.88 Å². The lowest BCUT2D eigenvalue weighted by atomic mass is 9.97. The van der Waals surface area contributed by atoms with E-state index in [0.29, 0.717) is 5.16 Å². The molecule has 1 aromatic carbocycles. The Morgan fingerprint density at radius 2 is 2.03 bits per heavy atom. The van der Waals surface area contributed by atoms with Crippen LogP contribution in [-0.2, 0) is 17.6 Å². The van der Waals surface area contributed by atoms with Gasteiger partial charge in [0.15, 0.2) is 5.16 Å². The van der Waals surface area contributed by atoms with Crippen molar-refractivity contribution in [1.82, 2.24) is 14.9 Å². The van der Waals surface area contributed by atoms with Crippen LogP contribution in [0, 0.1) is 24.2 Å². The van der Waals surface area contributed by atoms with Crippen molar-refractivity contribution in [2.75, 3.05) is 5.75 Å². The molecule has 2 aromatic heterocycles. The maximum atomic E-state index is 13.8. The molecule has 0 radical (unpaired) electrons. The summed E-state index contributed by atoms with van der Waals surface area (Å²) < 4.78 is 1.64. The van der Waals surface area contributed by atoms with E-state index in [-0.39, 0.29) is 23.1 Å². The number of aromatic nitrogens is 2. The molecule has 2 aliphatic rings. The molecule has 5 rings (SSSR count). The Balaban J connectivity index is 1.52. The van der Waals surface area contributed by atoms with E-state index in [4.69, 9.17) is 4.98 Å². The molecule has 170 valence electrons. The van der Waals surface area contributed by atoms with E-state index in [0.717, 1.165) is 65.6 Å². The maximum Gasteiger partial charge on any atom is 0.267 e. The number of nitrogens with zero attached hydrogens (tertiary/aromatic N) is 3. The van der Waals surface area contributed by atoms with Crippen molar-refractivity contribution in [3.63, 3.8) is 0 Å². The predicted molar refractivity (Wildman–Crippen MR) is 132 cm³/mol. The summed E-state index contributed by atoms with van der Waals surface area (Å²) in [6.45, 7) is 3.80. The monoisotopic (exact) mass is 478 g/mol. The number of nitriles is 1. The van der Waals surface area contributed by atoms with Crippen molar-refractivity contribution in [2.45, 2.75) is 63.1 Å². The number of fused-ring (bicyclic) bond motifs is 3. The van der Waals surface area contributed by atoms with Crippen LogP contribution in [0.15, 0.2) is 34.2 Å². The smallest absolute Gasteiger partial charge is 0.267 e. The lowest BCUT2D eigenvalue weighted by Gasteiger charge is -2.22. The first-order valence-corrected chi connectivity index (χ1v) is 13.2. The second-order valence-corrected chi connectivity index (χ2v) is 11.2. The van der Waals surface area contributed by atoms with Crippen LogP contribution in [0.4, 0.5) is 0 Å². The number of rotatable bonds is 6. The van der Waals surface area contributed by atoms with Crippen LogP contribution < -0.4 is 10.9 Å². The van der Waals surface area contributed by atoms with Crippen LogP contribution >= 0.6 is 23.1 Å². The molecular weight excluding hydrogens is 452 g/mol. The Morgan fingerprint density at radius 1 is 1.30 bits per heavy atom. The van der Waals surface area contributed by atoms with Crippen LogP contribution in [0.5, 0.6) is 0 Å². The third-order valence-electron chi connectivity index (χ3n) is 6.61. The molecule has 0 spiro atoms. The van der Waals surface area contributed by atoms with Gasteiger partial charge < -0.3 is 5.32 Å². The number of thiophene rings is 1. The molecule has 33 heavy (non-hydrogen) atoms. The first-order chi connectivity index (χ1) is 15.9. The molecule has 0 saturated heterocycles. The van der Waals surface area contributed by atoms with Crippen molar-refractivity contribution in [2.24, 2.45) is 5.92 Å². The first-order valence-electron chi connectivity index (χ1n) is 11.4. The molecule has 0 aliphatic heterocycles. The number of thioether (sulfide) groups is 1. The normalized spacial score (nSPS) is 17.2. The summed E-state index contributed by atoms with van der Waals surface area (Å²) in [6.07, 6.45) is 6.09. The predicted octanol–water partition coefficient (Wildman–Crippen LogP) is 4.54. The summed E-state index contributed by atoms with van der Waals surface area (Å²) in [4.78, 5) is 33.4. The number of carbonyl (C=O) groups excluding carboxylic acids is 1. The van der Waals surface area contributed by atoms with Crippen molar-refractivity contribution in [1.29, 1.82) is 5.26 Å². The molecule has 6 nitrogen and oxygen atoms in total. The van der Waals surface area contributed by atoms with E-state index in [1.165, 1.54) is 16.6 Å². The van der Waals surface area contributed by atoms with Gasteiger partial charge in [0.1, 0.15) is 10.4 Å². The Bertz CT molecular complexity index is 1330. The van der Waals surface area contributed by atoms with Gasteiger partial charge in [-0.15, -0.1) is 11.3 Å². The highest BCUT2D eigenvalue weighted by Crippen LogP contribution is 2.39. The summed E-state index contributed by atoms with van der Waals surface area (Å²) in [7, 11) is 0. The minimum Gasteiger partial charge on any atom is -0.337 e. The fourth-order valence-corrected chi connectivity index (χ4v) is 6.66. The zero-order valence-corrected chi connectivity index (χ0v) is 20.4. The first kappa shape index (κ1) is 22.2. The van der Waals surface area contributed by atoms with Gasteiger partial charge in [0.25, 0.3) is 5.56 Å². The third kappa shape index (κ3) is 4.20. The van der Waals surface area contributed by atoms with Gasteiger partial charge in [0.2, 0.25) is 5.91 Å². The fourth-order valence-electron chi connectivity index (χ4n) is 4.54. The summed E-state index contributed by atoms with van der Waals surface area (Å²) in [5.41, 5.74) is 2.11. The Hall–Kier alpha value is -2.63. The summed E-state index contributed by atoms with van der Waals surface area (Å²) in [5, 5.41) is 13.7. The van der Waals surface area contributed by atoms with Gasteiger partial charge in [-0.05, 0) is 76.0 Å². The molecule has 0 bridgehead atoms. The molecule has 3 aromatic rings. The lowest BCUT2D eigenvalue weighted by molar-refractivity contribution is -0.119. The van der Waals surface area contributed by atoms with E-state index in [2.05, 4.69) is 11.4 Å². The average Bonchev–Trinajstić information content (AvgIpc) is 3.60. The minimum atomic E-state index is -0.835. The topological polar surface area (TPSA) is 87.8 Å². The van der Waals surface area contributed by atoms with Gasteiger partial charge in [-0.25, -0.2) is 4.98 Å². The van der Waals surface area contributed by atoms with Crippen molar-refractivity contribution >= 4 is 39.2 Å². The van der Waals surface area contributed by atoms with Crippen LogP contribution in [0.2, 0.25) is 0 Å². The van der Waals surface area contributed by atoms with E-state index < -0.39 is 5.54 Å². The minimum absolute atomic E-state index is 0.0639. The molecule has 1 fully saturated rings. The van der Waals surface area contributed by atoms with E-state index in [1.807, 2.05) is 31.2 Å². The highest BCUT2D eigenvalue weighted by Gasteiger charge is 2.43. The van der Waals surface area contributed by atoms with Crippen LogP contribution in [0.3, 0.4) is 0 Å². The number of benzene rings is 1. The van der Waals surface area contributed by atoms with Gasteiger partial charge in [-0.1, -0.05) is 29.5 Å². The number of hydrogen-bond acceptors (Lipinski definition) is 6. The van der Waals surface area contributed by atoms with Gasteiger partial charge in [-0.2, -0.15) is 5.26 Å². The molecule has 1 N–H and O–H groups in total.